The van der Waals surface area contributed by atoms with Crippen LogP contribution >= 0.6 is 15.9 Å². The summed E-state index contributed by atoms with van der Waals surface area (Å²) < 4.78 is 32.3. The van der Waals surface area contributed by atoms with Gasteiger partial charge in [-0.1, -0.05) is 28.1 Å². The summed E-state index contributed by atoms with van der Waals surface area (Å²) >= 11 is 3.31. The molecule has 0 bridgehead atoms. The fourth-order valence-corrected chi connectivity index (χ4v) is 2.63. The van der Waals surface area contributed by atoms with Gasteiger partial charge in [-0.2, -0.15) is 0 Å². The highest BCUT2D eigenvalue weighted by atomic mass is 79.9. The number of piperidine rings is 1. The van der Waals surface area contributed by atoms with E-state index in [9.17, 15) is 13.6 Å². The molecule has 1 aliphatic rings. The number of hydrogen-bond acceptors (Lipinski definition) is 2. The van der Waals surface area contributed by atoms with Crippen molar-refractivity contribution < 1.29 is 18.3 Å². The van der Waals surface area contributed by atoms with Gasteiger partial charge in [0, 0.05) is 24.0 Å². The van der Waals surface area contributed by atoms with Gasteiger partial charge in [-0.05, 0) is 18.9 Å². The zero-order chi connectivity index (χ0) is 15.2. The summed E-state index contributed by atoms with van der Waals surface area (Å²) in [6, 6.07) is 3.92. The van der Waals surface area contributed by atoms with Crippen molar-refractivity contribution in [3.63, 3.8) is 0 Å². The number of hydrogen-bond donors (Lipinski definition) is 0. The second-order valence-corrected chi connectivity index (χ2v) is 5.82. The molecular formula is C15H18BrF2NO2. The Hall–Kier alpha value is -1.01. The van der Waals surface area contributed by atoms with Crippen LogP contribution in [-0.4, -0.2) is 41.9 Å². The lowest BCUT2D eigenvalue weighted by molar-refractivity contribution is -0.133. The number of carbonyl (C=O) groups is 1. The molecule has 1 saturated heterocycles. The van der Waals surface area contributed by atoms with Crippen LogP contribution in [0.25, 0.3) is 0 Å². The van der Waals surface area contributed by atoms with Gasteiger partial charge in [0.05, 0.1) is 19.1 Å². The molecular weight excluding hydrogens is 344 g/mol. The monoisotopic (exact) mass is 361 g/mol. The van der Waals surface area contributed by atoms with E-state index < -0.39 is 11.6 Å². The number of nitrogens with zero attached hydrogens (tertiary/aromatic N) is 1. The summed E-state index contributed by atoms with van der Waals surface area (Å²) in [6.07, 6.45) is 1.64. The Morgan fingerprint density at radius 1 is 1.33 bits per heavy atom. The minimum atomic E-state index is -0.929. The summed E-state index contributed by atoms with van der Waals surface area (Å²) in [6.45, 7) is 1.86. The van der Waals surface area contributed by atoms with Crippen LogP contribution in [-0.2, 0) is 16.0 Å². The maximum atomic E-state index is 13.6. The van der Waals surface area contributed by atoms with Crippen LogP contribution in [0.15, 0.2) is 18.2 Å². The minimum Gasteiger partial charge on any atom is -0.377 e. The molecule has 0 aromatic heterocycles. The number of amides is 1. The molecule has 1 aromatic rings. The average molecular weight is 362 g/mol. The zero-order valence-electron chi connectivity index (χ0n) is 11.7. The Labute approximate surface area is 131 Å². The Kier molecular flexibility index (Phi) is 6.11. The molecule has 0 atom stereocenters. The Bertz CT molecular complexity index is 491. The van der Waals surface area contributed by atoms with E-state index >= 15 is 0 Å². The van der Waals surface area contributed by atoms with E-state index in [1.807, 2.05) is 0 Å². The standard InChI is InChI=1S/C15H18BrF2NO2/c16-6-9-21-12-4-7-19(8-5-12)14(20)10-11-2-1-3-13(17)15(11)18/h1-3,12H,4-10H2. The summed E-state index contributed by atoms with van der Waals surface area (Å²) in [4.78, 5) is 13.8. The first-order chi connectivity index (χ1) is 10.1. The van der Waals surface area contributed by atoms with Gasteiger partial charge in [0.15, 0.2) is 11.6 Å². The number of likely N-dealkylation sites (tertiary alicyclic amines) is 1. The van der Waals surface area contributed by atoms with Crippen molar-refractivity contribution in [3.8, 4) is 0 Å². The highest BCUT2D eigenvalue weighted by molar-refractivity contribution is 9.09. The van der Waals surface area contributed by atoms with Gasteiger partial charge in [0.2, 0.25) is 5.91 Å². The van der Waals surface area contributed by atoms with Gasteiger partial charge in [-0.25, -0.2) is 8.78 Å². The topological polar surface area (TPSA) is 29.5 Å². The molecule has 2 rings (SSSR count). The molecule has 1 fully saturated rings. The summed E-state index contributed by atoms with van der Waals surface area (Å²) in [7, 11) is 0. The van der Waals surface area contributed by atoms with Gasteiger partial charge in [-0.15, -0.1) is 0 Å². The normalized spacial score (nSPS) is 16.2. The third-order valence-electron chi connectivity index (χ3n) is 3.60. The molecule has 6 heteroatoms. The van der Waals surface area contributed by atoms with Crippen LogP contribution in [0, 0.1) is 11.6 Å². The highest BCUT2D eigenvalue weighted by Crippen LogP contribution is 2.17. The third-order valence-corrected chi connectivity index (χ3v) is 3.92. The number of carbonyl (C=O) groups excluding carboxylic acids is 1. The van der Waals surface area contributed by atoms with Crippen molar-refractivity contribution in [2.75, 3.05) is 25.0 Å². The number of halogens is 3. The molecule has 0 aliphatic carbocycles. The molecule has 0 spiro atoms. The Morgan fingerprint density at radius 2 is 2.05 bits per heavy atom. The number of ether oxygens (including phenoxy) is 1. The van der Waals surface area contributed by atoms with Gasteiger partial charge in [-0.3, -0.25) is 4.79 Å². The molecule has 0 unspecified atom stereocenters. The van der Waals surface area contributed by atoms with E-state index in [1.165, 1.54) is 12.1 Å². The van der Waals surface area contributed by atoms with E-state index in [1.54, 1.807) is 4.90 Å². The first-order valence-electron chi connectivity index (χ1n) is 7.00. The molecule has 1 amide bonds. The smallest absolute Gasteiger partial charge is 0.227 e. The number of benzene rings is 1. The fourth-order valence-electron chi connectivity index (χ4n) is 2.44. The molecule has 0 radical (unpaired) electrons. The van der Waals surface area contributed by atoms with Gasteiger partial charge in [0.25, 0.3) is 0 Å². The van der Waals surface area contributed by atoms with Crippen LogP contribution in [0.5, 0.6) is 0 Å². The quantitative estimate of drug-likeness (QED) is 0.754. The minimum absolute atomic E-state index is 0.101. The van der Waals surface area contributed by atoms with Crippen molar-refractivity contribution in [2.45, 2.75) is 25.4 Å². The highest BCUT2D eigenvalue weighted by Gasteiger charge is 2.24. The maximum Gasteiger partial charge on any atom is 0.227 e. The lowest BCUT2D eigenvalue weighted by atomic mass is 10.1. The summed E-state index contributed by atoms with van der Waals surface area (Å²) in [5.74, 6) is -2.01. The van der Waals surface area contributed by atoms with Crippen molar-refractivity contribution in [1.29, 1.82) is 0 Å². The van der Waals surface area contributed by atoms with Crippen LogP contribution in [0.1, 0.15) is 18.4 Å². The average Bonchev–Trinajstić information content (AvgIpc) is 2.50. The SMILES string of the molecule is O=C(Cc1cccc(F)c1F)N1CCC(OCCBr)CC1. The van der Waals surface area contributed by atoms with E-state index in [2.05, 4.69) is 15.9 Å². The third kappa shape index (κ3) is 4.48. The summed E-state index contributed by atoms with van der Waals surface area (Å²) in [5, 5.41) is 0.797. The lowest BCUT2D eigenvalue weighted by Gasteiger charge is -2.32. The molecule has 21 heavy (non-hydrogen) atoms. The number of rotatable bonds is 5. The van der Waals surface area contributed by atoms with E-state index in [4.69, 9.17) is 4.74 Å². The van der Waals surface area contributed by atoms with Crippen molar-refractivity contribution in [1.82, 2.24) is 4.90 Å². The predicted octanol–water partition coefficient (Wildman–Crippen LogP) is 2.91. The van der Waals surface area contributed by atoms with Crippen molar-refractivity contribution in [2.24, 2.45) is 0 Å². The predicted molar refractivity (Wildman–Crippen MR) is 79.4 cm³/mol. The van der Waals surface area contributed by atoms with Crippen LogP contribution in [0.2, 0.25) is 0 Å². The Morgan fingerprint density at radius 3 is 2.71 bits per heavy atom. The van der Waals surface area contributed by atoms with E-state index in [-0.39, 0.29) is 24.0 Å². The Balaban J connectivity index is 1.86. The fraction of sp³-hybridized carbons (Fsp3) is 0.533. The lowest BCUT2D eigenvalue weighted by Crippen LogP contribution is -2.41. The van der Waals surface area contributed by atoms with Gasteiger partial charge in [0.1, 0.15) is 0 Å². The molecule has 0 saturated carbocycles. The van der Waals surface area contributed by atoms with E-state index in [0.29, 0.717) is 19.7 Å². The summed E-state index contributed by atoms with van der Waals surface area (Å²) in [5.41, 5.74) is 0.109. The van der Waals surface area contributed by atoms with Gasteiger partial charge >= 0.3 is 0 Å². The van der Waals surface area contributed by atoms with Gasteiger partial charge < -0.3 is 9.64 Å². The molecule has 3 nitrogen and oxygen atoms in total. The number of alkyl halides is 1. The largest absolute Gasteiger partial charge is 0.377 e. The molecule has 1 heterocycles. The second-order valence-electron chi connectivity index (χ2n) is 5.03. The van der Waals surface area contributed by atoms with Crippen LogP contribution < -0.4 is 0 Å². The molecule has 1 aliphatic heterocycles. The van der Waals surface area contributed by atoms with Crippen molar-refractivity contribution in [3.05, 3.63) is 35.4 Å². The van der Waals surface area contributed by atoms with E-state index in [0.717, 1.165) is 24.2 Å². The molecule has 1 aromatic carbocycles. The van der Waals surface area contributed by atoms with Crippen LogP contribution in [0.3, 0.4) is 0 Å². The zero-order valence-corrected chi connectivity index (χ0v) is 13.2. The first-order valence-corrected chi connectivity index (χ1v) is 8.12. The molecule has 116 valence electrons. The maximum absolute atomic E-state index is 13.6. The molecule has 0 N–H and O–H groups in total. The van der Waals surface area contributed by atoms with Crippen molar-refractivity contribution >= 4 is 21.8 Å². The second kappa shape index (κ2) is 7.84. The first kappa shape index (κ1) is 16.4. The van der Waals surface area contributed by atoms with Crippen LogP contribution in [0.4, 0.5) is 8.78 Å².